The second kappa shape index (κ2) is 6.66. The number of aliphatic hydroxyl groups excluding tert-OH is 1. The van der Waals surface area contributed by atoms with Gasteiger partial charge in [0.05, 0.1) is 22.6 Å². The minimum atomic E-state index is -3.64. The van der Waals surface area contributed by atoms with E-state index in [1.165, 1.54) is 6.07 Å². The average molecular weight is 282 g/mol. The summed E-state index contributed by atoms with van der Waals surface area (Å²) in [5.41, 5.74) is 0.891. The van der Waals surface area contributed by atoms with Gasteiger partial charge in [0.2, 0.25) is 10.0 Å². The van der Waals surface area contributed by atoms with Crippen molar-refractivity contribution in [2.24, 2.45) is 0 Å². The van der Waals surface area contributed by atoms with Gasteiger partial charge in [0.25, 0.3) is 0 Å². The van der Waals surface area contributed by atoms with Crippen LogP contribution in [0.5, 0.6) is 0 Å². The molecule has 19 heavy (non-hydrogen) atoms. The lowest BCUT2D eigenvalue weighted by Gasteiger charge is -2.11. The van der Waals surface area contributed by atoms with Gasteiger partial charge < -0.3 is 5.11 Å². The normalized spacial score (nSPS) is 12.9. The topological polar surface area (TPSA) is 90.2 Å². The van der Waals surface area contributed by atoms with Crippen molar-refractivity contribution in [3.8, 4) is 6.07 Å². The summed E-state index contributed by atoms with van der Waals surface area (Å²) in [4.78, 5) is 0.109. The molecular weight excluding hydrogens is 264 g/mol. The molecule has 0 fully saturated rings. The van der Waals surface area contributed by atoms with Crippen molar-refractivity contribution in [2.45, 2.75) is 37.7 Å². The lowest BCUT2D eigenvalue weighted by atomic mass is 10.2. The van der Waals surface area contributed by atoms with Crippen molar-refractivity contribution in [1.29, 1.82) is 5.26 Å². The molecule has 0 aromatic heterocycles. The Kier molecular flexibility index (Phi) is 5.48. The van der Waals surface area contributed by atoms with E-state index < -0.39 is 16.1 Å². The van der Waals surface area contributed by atoms with Crippen LogP contribution in [0.2, 0.25) is 0 Å². The molecule has 1 rings (SSSR count). The second-order valence-electron chi connectivity index (χ2n) is 4.34. The fourth-order valence-corrected chi connectivity index (χ4v) is 2.92. The number of nitriles is 1. The standard InChI is InChI=1S/C13H18N2O3S/c1-3-12(16)6-7-15-19(17,18)13-8-11(9-14)5-4-10(13)2/h4-5,8,12,15-16H,3,6-7H2,1-2H3. The lowest BCUT2D eigenvalue weighted by Crippen LogP contribution is -2.27. The first kappa shape index (κ1) is 15.6. The first-order valence-corrected chi connectivity index (χ1v) is 7.57. The number of hydrogen-bond acceptors (Lipinski definition) is 4. The number of hydrogen-bond donors (Lipinski definition) is 2. The van der Waals surface area contributed by atoms with Gasteiger partial charge in [-0.1, -0.05) is 13.0 Å². The third-order valence-electron chi connectivity index (χ3n) is 2.85. The van der Waals surface area contributed by atoms with E-state index in [-0.39, 0.29) is 11.4 Å². The predicted octanol–water partition coefficient (Wildman–Crippen LogP) is 1.31. The molecule has 6 heteroatoms. The summed E-state index contributed by atoms with van der Waals surface area (Å²) in [5.74, 6) is 0. The summed E-state index contributed by atoms with van der Waals surface area (Å²) < 4.78 is 26.6. The van der Waals surface area contributed by atoms with E-state index in [4.69, 9.17) is 5.26 Å². The van der Waals surface area contributed by atoms with Crippen molar-refractivity contribution in [1.82, 2.24) is 4.72 Å². The van der Waals surface area contributed by atoms with Gasteiger partial charge in [0.1, 0.15) is 0 Å². The highest BCUT2D eigenvalue weighted by Gasteiger charge is 2.17. The molecule has 0 aliphatic rings. The van der Waals surface area contributed by atoms with Gasteiger partial charge >= 0.3 is 0 Å². The van der Waals surface area contributed by atoms with E-state index in [9.17, 15) is 13.5 Å². The molecule has 2 N–H and O–H groups in total. The van der Waals surface area contributed by atoms with E-state index >= 15 is 0 Å². The Balaban J connectivity index is 2.86. The number of benzene rings is 1. The van der Waals surface area contributed by atoms with Crippen LogP contribution in [-0.2, 0) is 10.0 Å². The Bertz CT molecular complexity index is 576. The van der Waals surface area contributed by atoms with Crippen LogP contribution in [0.4, 0.5) is 0 Å². The Morgan fingerprint density at radius 2 is 2.16 bits per heavy atom. The van der Waals surface area contributed by atoms with Crippen molar-refractivity contribution in [2.75, 3.05) is 6.54 Å². The van der Waals surface area contributed by atoms with Gasteiger partial charge in [0.15, 0.2) is 0 Å². The van der Waals surface area contributed by atoms with E-state index in [1.807, 2.05) is 13.0 Å². The monoisotopic (exact) mass is 282 g/mol. The van der Waals surface area contributed by atoms with Crippen LogP contribution in [0.3, 0.4) is 0 Å². The number of aliphatic hydroxyl groups is 1. The predicted molar refractivity (Wildman–Crippen MR) is 72.0 cm³/mol. The van der Waals surface area contributed by atoms with Crippen molar-refractivity contribution >= 4 is 10.0 Å². The molecule has 1 atom stereocenters. The summed E-state index contributed by atoms with van der Waals surface area (Å²) in [6.45, 7) is 3.68. The van der Waals surface area contributed by atoms with Crippen LogP contribution in [0, 0.1) is 18.3 Å². The summed E-state index contributed by atoms with van der Waals surface area (Å²) in [6.07, 6.45) is 0.450. The average Bonchev–Trinajstić information content (AvgIpc) is 2.38. The minimum Gasteiger partial charge on any atom is -0.393 e. The van der Waals surface area contributed by atoms with Crippen LogP contribution < -0.4 is 4.72 Å². The zero-order chi connectivity index (χ0) is 14.5. The Labute approximate surface area is 113 Å². The maximum atomic E-state index is 12.1. The fraction of sp³-hybridized carbons (Fsp3) is 0.462. The smallest absolute Gasteiger partial charge is 0.240 e. The Morgan fingerprint density at radius 1 is 1.47 bits per heavy atom. The molecule has 1 unspecified atom stereocenters. The largest absolute Gasteiger partial charge is 0.393 e. The third kappa shape index (κ3) is 4.31. The Hall–Kier alpha value is -1.42. The van der Waals surface area contributed by atoms with Gasteiger partial charge in [-0.15, -0.1) is 0 Å². The van der Waals surface area contributed by atoms with Gasteiger partial charge in [-0.3, -0.25) is 0 Å². The molecule has 0 saturated carbocycles. The van der Waals surface area contributed by atoms with E-state index in [0.717, 1.165) is 0 Å². The van der Waals surface area contributed by atoms with Crippen LogP contribution in [0.1, 0.15) is 30.9 Å². The number of sulfonamides is 1. The van der Waals surface area contributed by atoms with E-state index in [0.29, 0.717) is 24.0 Å². The number of nitrogens with zero attached hydrogens (tertiary/aromatic N) is 1. The zero-order valence-corrected chi connectivity index (χ0v) is 11.9. The maximum Gasteiger partial charge on any atom is 0.240 e. The summed E-state index contributed by atoms with van der Waals surface area (Å²) >= 11 is 0. The van der Waals surface area contributed by atoms with E-state index in [2.05, 4.69) is 4.72 Å². The number of rotatable bonds is 6. The van der Waals surface area contributed by atoms with E-state index in [1.54, 1.807) is 19.1 Å². The third-order valence-corrected chi connectivity index (χ3v) is 4.45. The summed E-state index contributed by atoms with van der Waals surface area (Å²) in [6, 6.07) is 6.46. The number of nitrogens with one attached hydrogen (secondary N) is 1. The summed E-state index contributed by atoms with van der Waals surface area (Å²) in [5, 5.41) is 18.2. The minimum absolute atomic E-state index is 0.109. The molecule has 0 saturated heterocycles. The van der Waals surface area contributed by atoms with Gasteiger partial charge in [-0.2, -0.15) is 5.26 Å². The van der Waals surface area contributed by atoms with Crippen LogP contribution in [0.15, 0.2) is 23.1 Å². The van der Waals surface area contributed by atoms with Crippen molar-refractivity contribution in [3.05, 3.63) is 29.3 Å². The Morgan fingerprint density at radius 3 is 2.74 bits per heavy atom. The second-order valence-corrected chi connectivity index (χ2v) is 6.08. The molecule has 0 aliphatic heterocycles. The lowest BCUT2D eigenvalue weighted by molar-refractivity contribution is 0.162. The fourth-order valence-electron chi connectivity index (χ4n) is 1.60. The highest BCUT2D eigenvalue weighted by molar-refractivity contribution is 7.89. The van der Waals surface area contributed by atoms with Gasteiger partial charge in [0, 0.05) is 6.54 Å². The maximum absolute atomic E-state index is 12.1. The van der Waals surface area contributed by atoms with Gasteiger partial charge in [-0.25, -0.2) is 13.1 Å². The highest BCUT2D eigenvalue weighted by Crippen LogP contribution is 2.16. The SMILES string of the molecule is CCC(O)CCNS(=O)(=O)c1cc(C#N)ccc1C. The molecule has 0 radical (unpaired) electrons. The zero-order valence-electron chi connectivity index (χ0n) is 11.0. The molecule has 0 heterocycles. The molecule has 1 aromatic carbocycles. The van der Waals surface area contributed by atoms with Crippen LogP contribution in [0.25, 0.3) is 0 Å². The first-order chi connectivity index (χ1) is 8.90. The van der Waals surface area contributed by atoms with Gasteiger partial charge in [-0.05, 0) is 37.5 Å². The van der Waals surface area contributed by atoms with Crippen LogP contribution >= 0.6 is 0 Å². The van der Waals surface area contributed by atoms with Crippen molar-refractivity contribution < 1.29 is 13.5 Å². The molecule has 1 aromatic rings. The molecule has 0 aliphatic carbocycles. The molecule has 104 valence electrons. The number of aryl methyl sites for hydroxylation is 1. The highest BCUT2D eigenvalue weighted by atomic mass is 32.2. The first-order valence-electron chi connectivity index (χ1n) is 6.09. The molecule has 0 bridgehead atoms. The summed E-state index contributed by atoms with van der Waals surface area (Å²) in [7, 11) is -3.64. The van der Waals surface area contributed by atoms with Crippen molar-refractivity contribution in [3.63, 3.8) is 0 Å². The molecule has 5 nitrogen and oxygen atoms in total. The molecular formula is C13H18N2O3S. The van der Waals surface area contributed by atoms with Crippen LogP contribution in [-0.4, -0.2) is 26.2 Å². The molecule has 0 amide bonds. The molecule has 0 spiro atoms. The quantitative estimate of drug-likeness (QED) is 0.823.